The normalized spacial score (nSPS) is 16.6. The van der Waals surface area contributed by atoms with Gasteiger partial charge in [0.15, 0.2) is 0 Å². The van der Waals surface area contributed by atoms with Crippen molar-refractivity contribution in [3.05, 3.63) is 42.2 Å². The molecule has 0 N–H and O–H groups in total. The smallest absolute Gasteiger partial charge is 0.118 e. The lowest BCUT2D eigenvalue weighted by Crippen LogP contribution is -2.11. The number of benzene rings is 1. The molecule has 0 aliphatic carbocycles. The van der Waals surface area contributed by atoms with Crippen molar-refractivity contribution in [3.8, 4) is 16.9 Å². The highest BCUT2D eigenvalue weighted by atomic mass is 16.5. The average Bonchev–Trinajstić information content (AvgIpc) is 2.84. The van der Waals surface area contributed by atoms with Crippen LogP contribution in [0.1, 0.15) is 19.5 Å². The predicted molar refractivity (Wildman–Crippen MR) is 73.9 cm³/mol. The standard InChI is InChI=1S/C16H19NO/c1-16(2)10-15-14(8-9-17(15)11-16)12-4-6-13(18-3)7-5-12/h4-9H,10-11H2,1-3H3. The fourth-order valence-corrected chi connectivity index (χ4v) is 2.85. The third-order valence-corrected chi connectivity index (χ3v) is 3.72. The maximum atomic E-state index is 5.21. The zero-order valence-corrected chi connectivity index (χ0v) is 11.2. The average molecular weight is 241 g/mol. The number of hydrogen-bond acceptors (Lipinski definition) is 1. The van der Waals surface area contributed by atoms with Gasteiger partial charge in [-0.2, -0.15) is 0 Å². The largest absolute Gasteiger partial charge is 0.497 e. The van der Waals surface area contributed by atoms with Crippen molar-refractivity contribution in [2.45, 2.75) is 26.8 Å². The van der Waals surface area contributed by atoms with Gasteiger partial charge >= 0.3 is 0 Å². The van der Waals surface area contributed by atoms with E-state index in [-0.39, 0.29) is 0 Å². The molecule has 0 atom stereocenters. The number of aromatic nitrogens is 1. The summed E-state index contributed by atoms with van der Waals surface area (Å²) in [5.41, 5.74) is 4.49. The minimum atomic E-state index is 0.387. The summed E-state index contributed by atoms with van der Waals surface area (Å²) in [4.78, 5) is 0. The van der Waals surface area contributed by atoms with Crippen molar-refractivity contribution in [2.24, 2.45) is 5.41 Å². The molecular formula is C16H19NO. The molecule has 0 radical (unpaired) electrons. The fourth-order valence-electron chi connectivity index (χ4n) is 2.85. The van der Waals surface area contributed by atoms with Crippen LogP contribution in [0, 0.1) is 5.41 Å². The lowest BCUT2D eigenvalue weighted by molar-refractivity contribution is 0.359. The maximum Gasteiger partial charge on any atom is 0.118 e. The van der Waals surface area contributed by atoms with Crippen molar-refractivity contribution in [3.63, 3.8) is 0 Å². The Hall–Kier alpha value is -1.70. The van der Waals surface area contributed by atoms with E-state index in [2.05, 4.69) is 42.8 Å². The number of methoxy groups -OCH3 is 1. The Bertz CT molecular complexity index is 563. The number of rotatable bonds is 2. The van der Waals surface area contributed by atoms with Crippen LogP contribution in [-0.4, -0.2) is 11.7 Å². The second kappa shape index (κ2) is 3.91. The van der Waals surface area contributed by atoms with Gasteiger partial charge in [0.2, 0.25) is 0 Å². The maximum absolute atomic E-state index is 5.21. The van der Waals surface area contributed by atoms with Gasteiger partial charge in [-0.15, -0.1) is 0 Å². The Kier molecular flexibility index (Phi) is 2.47. The fraction of sp³-hybridized carbons (Fsp3) is 0.375. The van der Waals surface area contributed by atoms with Crippen molar-refractivity contribution in [1.82, 2.24) is 4.57 Å². The van der Waals surface area contributed by atoms with E-state index in [1.807, 2.05) is 12.1 Å². The lowest BCUT2D eigenvalue weighted by Gasteiger charge is -2.15. The third kappa shape index (κ3) is 1.82. The van der Waals surface area contributed by atoms with Gasteiger partial charge in [0.1, 0.15) is 5.75 Å². The van der Waals surface area contributed by atoms with E-state index in [0.29, 0.717) is 5.41 Å². The van der Waals surface area contributed by atoms with E-state index in [1.54, 1.807) is 7.11 Å². The molecule has 2 nitrogen and oxygen atoms in total. The van der Waals surface area contributed by atoms with E-state index in [4.69, 9.17) is 4.74 Å². The summed E-state index contributed by atoms with van der Waals surface area (Å²) >= 11 is 0. The molecule has 2 aromatic rings. The molecule has 2 heterocycles. The molecule has 94 valence electrons. The van der Waals surface area contributed by atoms with Crippen LogP contribution in [0.15, 0.2) is 36.5 Å². The number of fused-ring (bicyclic) bond motifs is 1. The highest BCUT2D eigenvalue weighted by Gasteiger charge is 2.30. The summed E-state index contributed by atoms with van der Waals surface area (Å²) in [6.45, 7) is 5.79. The zero-order valence-electron chi connectivity index (χ0n) is 11.2. The molecular weight excluding hydrogens is 222 g/mol. The number of nitrogens with zero attached hydrogens (tertiary/aromatic N) is 1. The van der Waals surface area contributed by atoms with Gasteiger partial charge in [0, 0.05) is 24.0 Å². The second-order valence-corrected chi connectivity index (χ2v) is 5.87. The van der Waals surface area contributed by atoms with Gasteiger partial charge in [-0.1, -0.05) is 26.0 Å². The molecule has 1 aliphatic heterocycles. The van der Waals surface area contributed by atoms with Crippen LogP contribution in [0.4, 0.5) is 0 Å². The Balaban J connectivity index is 1.99. The van der Waals surface area contributed by atoms with Crippen LogP contribution in [0.25, 0.3) is 11.1 Å². The van der Waals surface area contributed by atoms with E-state index >= 15 is 0 Å². The molecule has 1 aromatic carbocycles. The third-order valence-electron chi connectivity index (χ3n) is 3.72. The first kappa shape index (κ1) is 11.4. The van der Waals surface area contributed by atoms with Crippen LogP contribution in [0.2, 0.25) is 0 Å². The van der Waals surface area contributed by atoms with Crippen LogP contribution in [-0.2, 0) is 13.0 Å². The topological polar surface area (TPSA) is 14.2 Å². The molecule has 1 aromatic heterocycles. The summed E-state index contributed by atoms with van der Waals surface area (Å²) in [7, 11) is 1.70. The van der Waals surface area contributed by atoms with Gasteiger partial charge in [0.25, 0.3) is 0 Å². The van der Waals surface area contributed by atoms with Crippen molar-refractivity contribution >= 4 is 0 Å². The minimum absolute atomic E-state index is 0.387. The highest BCUT2D eigenvalue weighted by molar-refractivity contribution is 5.67. The SMILES string of the molecule is COc1ccc(-c2ccn3c2CC(C)(C)C3)cc1. The second-order valence-electron chi connectivity index (χ2n) is 5.87. The van der Waals surface area contributed by atoms with Crippen LogP contribution >= 0.6 is 0 Å². The van der Waals surface area contributed by atoms with Gasteiger partial charge < -0.3 is 9.30 Å². The van der Waals surface area contributed by atoms with E-state index in [1.165, 1.54) is 16.8 Å². The summed E-state index contributed by atoms with van der Waals surface area (Å²) in [5, 5.41) is 0. The molecule has 2 heteroatoms. The van der Waals surface area contributed by atoms with Gasteiger partial charge in [0.05, 0.1) is 7.11 Å². The molecule has 0 bridgehead atoms. The monoisotopic (exact) mass is 241 g/mol. The zero-order chi connectivity index (χ0) is 12.8. The lowest BCUT2D eigenvalue weighted by atomic mass is 9.89. The molecule has 1 aliphatic rings. The van der Waals surface area contributed by atoms with E-state index in [0.717, 1.165) is 18.7 Å². The molecule has 3 rings (SSSR count). The molecule has 0 saturated carbocycles. The first-order valence-corrected chi connectivity index (χ1v) is 6.41. The Morgan fingerprint density at radius 2 is 1.83 bits per heavy atom. The first-order chi connectivity index (χ1) is 8.59. The van der Waals surface area contributed by atoms with Crippen molar-refractivity contribution in [2.75, 3.05) is 7.11 Å². The van der Waals surface area contributed by atoms with Crippen molar-refractivity contribution in [1.29, 1.82) is 0 Å². The summed E-state index contributed by atoms with van der Waals surface area (Å²) in [5.74, 6) is 0.912. The van der Waals surface area contributed by atoms with Crippen LogP contribution < -0.4 is 4.74 Å². The molecule has 0 spiro atoms. The summed E-state index contributed by atoms with van der Waals surface area (Å²) in [6.07, 6.45) is 3.37. The first-order valence-electron chi connectivity index (χ1n) is 6.41. The molecule has 0 fully saturated rings. The highest BCUT2D eigenvalue weighted by Crippen LogP contribution is 2.38. The minimum Gasteiger partial charge on any atom is -0.497 e. The number of hydrogen-bond donors (Lipinski definition) is 0. The summed E-state index contributed by atoms with van der Waals surface area (Å²) in [6, 6.07) is 10.6. The Labute approximate surface area is 108 Å². The molecule has 0 amide bonds. The van der Waals surface area contributed by atoms with Gasteiger partial charge in [-0.3, -0.25) is 0 Å². The predicted octanol–water partition coefficient (Wildman–Crippen LogP) is 3.75. The quantitative estimate of drug-likeness (QED) is 0.781. The van der Waals surface area contributed by atoms with Crippen molar-refractivity contribution < 1.29 is 4.74 Å². The molecule has 0 saturated heterocycles. The summed E-state index contributed by atoms with van der Waals surface area (Å²) < 4.78 is 7.60. The van der Waals surface area contributed by atoms with Crippen LogP contribution in [0.5, 0.6) is 5.75 Å². The van der Waals surface area contributed by atoms with Gasteiger partial charge in [-0.05, 0) is 35.6 Å². The molecule has 18 heavy (non-hydrogen) atoms. The van der Waals surface area contributed by atoms with E-state index in [9.17, 15) is 0 Å². The molecule has 0 unspecified atom stereocenters. The Morgan fingerprint density at radius 3 is 2.50 bits per heavy atom. The Morgan fingerprint density at radius 1 is 1.11 bits per heavy atom. The van der Waals surface area contributed by atoms with Crippen LogP contribution in [0.3, 0.4) is 0 Å². The number of ether oxygens (including phenoxy) is 1. The van der Waals surface area contributed by atoms with Gasteiger partial charge in [-0.25, -0.2) is 0 Å². The van der Waals surface area contributed by atoms with E-state index < -0.39 is 0 Å².